The molecule has 2 aromatic carbocycles. The van der Waals surface area contributed by atoms with Gasteiger partial charge in [0, 0.05) is 56.1 Å². The first-order valence-electron chi connectivity index (χ1n) is 10.8. The number of benzene rings is 2. The number of aromatic nitrogens is 2. The summed E-state index contributed by atoms with van der Waals surface area (Å²) in [6.45, 7) is 11.2. The van der Waals surface area contributed by atoms with E-state index in [2.05, 4.69) is 58.8 Å². The quantitative estimate of drug-likeness (QED) is 0.488. The molecule has 4 aromatic rings. The van der Waals surface area contributed by atoms with Crippen molar-refractivity contribution in [1.29, 1.82) is 0 Å². The van der Waals surface area contributed by atoms with E-state index < -0.39 is 0 Å². The molecule has 0 unspecified atom stereocenters. The molecular weight excluding hydrogens is 404 g/mol. The van der Waals surface area contributed by atoms with Gasteiger partial charge in [0.05, 0.1) is 10.2 Å². The highest BCUT2D eigenvalue weighted by Gasteiger charge is 2.21. The van der Waals surface area contributed by atoms with Crippen molar-refractivity contribution in [3.63, 3.8) is 0 Å². The van der Waals surface area contributed by atoms with E-state index >= 15 is 0 Å². The molecule has 1 aliphatic heterocycles. The maximum atomic E-state index is 10.5. The molecule has 1 saturated heterocycles. The summed E-state index contributed by atoms with van der Waals surface area (Å²) in [5.41, 5.74) is 4.10. The van der Waals surface area contributed by atoms with Crippen LogP contribution in [0.1, 0.15) is 18.1 Å². The molecule has 5 nitrogen and oxygen atoms in total. The van der Waals surface area contributed by atoms with Crippen LogP contribution in [0.15, 0.2) is 49.0 Å². The maximum absolute atomic E-state index is 10.5. The molecule has 0 aliphatic carbocycles. The van der Waals surface area contributed by atoms with Crippen LogP contribution in [-0.2, 0) is 13.5 Å². The number of piperazine rings is 1. The molecule has 0 bridgehead atoms. The third-order valence-electron chi connectivity index (χ3n) is 6.41. The van der Waals surface area contributed by atoms with Crippen molar-refractivity contribution < 1.29 is 5.11 Å². The molecule has 0 atom stereocenters. The summed E-state index contributed by atoms with van der Waals surface area (Å²) in [6, 6.07) is 15.0. The Balaban J connectivity index is 1.25. The molecule has 31 heavy (non-hydrogen) atoms. The van der Waals surface area contributed by atoms with Gasteiger partial charge in [0.15, 0.2) is 5.88 Å². The number of hydrogen-bond acceptors (Lipinski definition) is 5. The Morgan fingerprint density at radius 2 is 1.87 bits per heavy atom. The fraction of sp³-hybridized carbons (Fsp3) is 0.320. The van der Waals surface area contributed by atoms with Crippen LogP contribution >= 0.6 is 11.5 Å². The van der Waals surface area contributed by atoms with Gasteiger partial charge in [-0.3, -0.25) is 4.90 Å². The van der Waals surface area contributed by atoms with Crippen LogP contribution in [0.25, 0.3) is 26.6 Å². The largest absolute Gasteiger partial charge is 0.494 e. The predicted octanol–water partition coefficient (Wildman–Crippen LogP) is 4.89. The molecular formula is C25H28N4OS. The van der Waals surface area contributed by atoms with Crippen molar-refractivity contribution in [1.82, 2.24) is 13.8 Å². The number of allylic oxidation sites excluding steroid dienone is 1. The third kappa shape index (κ3) is 3.60. The molecule has 0 radical (unpaired) electrons. The topological polar surface area (TPSA) is 44.5 Å². The Kier molecular flexibility index (Phi) is 5.20. The Morgan fingerprint density at radius 3 is 2.65 bits per heavy atom. The molecule has 5 rings (SSSR count). The molecule has 0 spiro atoms. The van der Waals surface area contributed by atoms with Crippen LogP contribution in [0.5, 0.6) is 5.88 Å². The van der Waals surface area contributed by atoms with Crippen molar-refractivity contribution in [3.8, 4) is 5.88 Å². The van der Waals surface area contributed by atoms with Gasteiger partial charge in [-0.2, -0.15) is 4.37 Å². The van der Waals surface area contributed by atoms with Gasteiger partial charge in [0.2, 0.25) is 0 Å². The smallest absolute Gasteiger partial charge is 0.199 e. The van der Waals surface area contributed by atoms with E-state index in [-0.39, 0.29) is 0 Å². The van der Waals surface area contributed by atoms with Gasteiger partial charge in [0.1, 0.15) is 5.82 Å². The van der Waals surface area contributed by atoms with Gasteiger partial charge >= 0.3 is 0 Å². The third-order valence-corrected chi connectivity index (χ3v) is 7.22. The summed E-state index contributed by atoms with van der Waals surface area (Å²) in [4.78, 5) is 4.96. The predicted molar refractivity (Wildman–Crippen MR) is 131 cm³/mol. The number of aryl methyl sites for hydroxylation is 1. The fourth-order valence-electron chi connectivity index (χ4n) is 4.63. The second kappa shape index (κ2) is 8.02. The van der Waals surface area contributed by atoms with E-state index in [4.69, 9.17) is 4.37 Å². The van der Waals surface area contributed by atoms with E-state index in [0.29, 0.717) is 5.88 Å². The first-order chi connectivity index (χ1) is 15.0. The Bertz CT molecular complexity index is 1260. The first kappa shape index (κ1) is 20.1. The summed E-state index contributed by atoms with van der Waals surface area (Å²) in [6.07, 6.45) is 1.00. The number of hydrogen-bond donors (Lipinski definition) is 1. The maximum Gasteiger partial charge on any atom is 0.199 e. The number of anilines is 1. The number of rotatable bonds is 5. The Labute approximate surface area is 187 Å². The van der Waals surface area contributed by atoms with Crippen LogP contribution in [0.3, 0.4) is 0 Å². The van der Waals surface area contributed by atoms with E-state index in [0.717, 1.165) is 67.0 Å². The summed E-state index contributed by atoms with van der Waals surface area (Å²) in [7, 11) is 1.90. The minimum atomic E-state index is 0.297. The second-order valence-corrected chi connectivity index (χ2v) is 9.28. The highest BCUT2D eigenvalue weighted by atomic mass is 32.1. The summed E-state index contributed by atoms with van der Waals surface area (Å²) >= 11 is 1.59. The number of nitrogens with zero attached hydrogens (tertiary/aromatic N) is 4. The van der Waals surface area contributed by atoms with Crippen molar-refractivity contribution in [2.24, 2.45) is 7.05 Å². The molecule has 2 aromatic heterocycles. The monoisotopic (exact) mass is 432 g/mol. The highest BCUT2D eigenvalue weighted by Crippen LogP contribution is 2.35. The highest BCUT2D eigenvalue weighted by molar-refractivity contribution is 7.13. The van der Waals surface area contributed by atoms with E-state index in [9.17, 15) is 5.11 Å². The SMILES string of the molecule is C=C(C)c1c(O)n(C)c2ccc(CCN3CCN(c4nsc5ccccc45)CC3)cc12. The van der Waals surface area contributed by atoms with Crippen molar-refractivity contribution in [3.05, 3.63) is 60.2 Å². The molecule has 6 heteroatoms. The average molecular weight is 433 g/mol. The summed E-state index contributed by atoms with van der Waals surface area (Å²) in [5.74, 6) is 1.44. The zero-order chi connectivity index (χ0) is 21.5. The summed E-state index contributed by atoms with van der Waals surface area (Å²) < 4.78 is 7.82. The second-order valence-electron chi connectivity index (χ2n) is 8.47. The lowest BCUT2D eigenvalue weighted by atomic mass is 10.0. The molecule has 160 valence electrons. The van der Waals surface area contributed by atoms with Crippen LogP contribution in [-0.4, -0.2) is 51.7 Å². The van der Waals surface area contributed by atoms with Gasteiger partial charge < -0.3 is 14.6 Å². The van der Waals surface area contributed by atoms with Crippen molar-refractivity contribution in [2.75, 3.05) is 37.6 Å². The van der Waals surface area contributed by atoms with Crippen molar-refractivity contribution in [2.45, 2.75) is 13.3 Å². The van der Waals surface area contributed by atoms with Crippen LogP contribution < -0.4 is 4.90 Å². The molecule has 1 N–H and O–H groups in total. The van der Waals surface area contributed by atoms with E-state index in [1.165, 1.54) is 15.6 Å². The Morgan fingerprint density at radius 1 is 1.10 bits per heavy atom. The van der Waals surface area contributed by atoms with E-state index in [1.54, 1.807) is 11.5 Å². The fourth-order valence-corrected chi connectivity index (χ4v) is 5.42. The lowest BCUT2D eigenvalue weighted by Crippen LogP contribution is -2.47. The zero-order valence-electron chi connectivity index (χ0n) is 18.1. The molecule has 0 amide bonds. The number of fused-ring (bicyclic) bond motifs is 2. The first-order valence-corrected chi connectivity index (χ1v) is 11.6. The van der Waals surface area contributed by atoms with E-state index in [1.807, 2.05) is 18.5 Å². The molecule has 0 saturated carbocycles. The van der Waals surface area contributed by atoms with Gasteiger partial charge in [-0.05, 0) is 60.3 Å². The normalized spacial score (nSPS) is 15.2. The number of aromatic hydroxyl groups is 1. The molecule has 1 aliphatic rings. The van der Waals surface area contributed by atoms with Crippen LogP contribution in [0, 0.1) is 0 Å². The van der Waals surface area contributed by atoms with Gasteiger partial charge in [-0.25, -0.2) is 0 Å². The van der Waals surface area contributed by atoms with Crippen molar-refractivity contribution >= 4 is 43.9 Å². The van der Waals surface area contributed by atoms with Gasteiger partial charge in [0.25, 0.3) is 0 Å². The standard InChI is InChI=1S/C25H28N4OS/c1-17(2)23-20-16-18(8-9-21(20)27(3)25(23)30)10-11-28-12-14-29(15-13-28)24-19-6-4-5-7-22(19)31-26-24/h4-9,16,30H,1,10-15H2,2-3H3. The molecule has 1 fully saturated rings. The van der Waals surface area contributed by atoms with Crippen LogP contribution in [0.4, 0.5) is 5.82 Å². The molecule has 3 heterocycles. The lowest BCUT2D eigenvalue weighted by Gasteiger charge is -2.35. The minimum absolute atomic E-state index is 0.297. The lowest BCUT2D eigenvalue weighted by molar-refractivity contribution is 0.261. The summed E-state index contributed by atoms with van der Waals surface area (Å²) in [5, 5.41) is 12.8. The van der Waals surface area contributed by atoms with Gasteiger partial charge in [-0.15, -0.1) is 0 Å². The average Bonchev–Trinajstić information content (AvgIpc) is 3.32. The zero-order valence-corrected chi connectivity index (χ0v) is 19.0. The Hall–Kier alpha value is -2.83. The van der Waals surface area contributed by atoms with Crippen LogP contribution in [0.2, 0.25) is 0 Å². The van der Waals surface area contributed by atoms with Gasteiger partial charge in [-0.1, -0.05) is 24.8 Å². The minimum Gasteiger partial charge on any atom is -0.494 e.